The summed E-state index contributed by atoms with van der Waals surface area (Å²) in [6, 6.07) is 5.29. The van der Waals surface area contributed by atoms with Crippen LogP contribution in [0, 0.1) is 6.92 Å². The molecule has 1 fully saturated rings. The molecule has 0 aliphatic carbocycles. The minimum Gasteiger partial charge on any atom is -0.508 e. The Balaban J connectivity index is 1.85. The van der Waals surface area contributed by atoms with Crippen molar-refractivity contribution in [1.29, 1.82) is 0 Å². The van der Waals surface area contributed by atoms with Crippen LogP contribution in [0.5, 0.6) is 5.75 Å². The van der Waals surface area contributed by atoms with Crippen LogP contribution in [0.4, 0.5) is 5.95 Å². The first kappa shape index (κ1) is 12.0. The van der Waals surface area contributed by atoms with Gasteiger partial charge in [0.2, 0.25) is 0 Å². The fourth-order valence-electron chi connectivity index (χ4n) is 2.34. The van der Waals surface area contributed by atoms with E-state index in [1.54, 1.807) is 12.1 Å². The fraction of sp³-hybridized carbons (Fsp3) is 0.429. The SMILES string of the molecule is Cc1cc(-c2nc(N3CCCCC3)no2)ccc1O. The smallest absolute Gasteiger partial charge is 0.266 e. The van der Waals surface area contributed by atoms with Crippen molar-refractivity contribution < 1.29 is 9.63 Å². The Morgan fingerprint density at radius 1 is 1.21 bits per heavy atom. The molecule has 1 saturated heterocycles. The predicted molar refractivity (Wildman–Crippen MR) is 72.2 cm³/mol. The second kappa shape index (κ2) is 4.91. The van der Waals surface area contributed by atoms with Crippen molar-refractivity contribution in [2.45, 2.75) is 26.2 Å². The summed E-state index contributed by atoms with van der Waals surface area (Å²) in [5, 5.41) is 13.6. The number of rotatable bonds is 2. The molecule has 3 rings (SSSR count). The van der Waals surface area contributed by atoms with E-state index < -0.39 is 0 Å². The highest BCUT2D eigenvalue weighted by atomic mass is 16.5. The molecular formula is C14H17N3O2. The summed E-state index contributed by atoms with van der Waals surface area (Å²) in [5.41, 5.74) is 1.64. The average Bonchev–Trinajstić information content (AvgIpc) is 2.93. The summed E-state index contributed by atoms with van der Waals surface area (Å²) < 4.78 is 5.31. The van der Waals surface area contributed by atoms with E-state index in [2.05, 4.69) is 15.0 Å². The maximum absolute atomic E-state index is 9.52. The Morgan fingerprint density at radius 2 is 2.00 bits per heavy atom. The normalized spacial score (nSPS) is 15.7. The highest BCUT2D eigenvalue weighted by molar-refractivity contribution is 5.58. The number of piperidine rings is 1. The highest BCUT2D eigenvalue weighted by Gasteiger charge is 2.17. The van der Waals surface area contributed by atoms with Crippen LogP contribution in [-0.4, -0.2) is 28.3 Å². The molecule has 19 heavy (non-hydrogen) atoms. The van der Waals surface area contributed by atoms with Crippen molar-refractivity contribution in [1.82, 2.24) is 10.1 Å². The summed E-state index contributed by atoms with van der Waals surface area (Å²) in [4.78, 5) is 6.60. The van der Waals surface area contributed by atoms with E-state index in [1.807, 2.05) is 13.0 Å². The van der Waals surface area contributed by atoms with Crippen molar-refractivity contribution in [3.8, 4) is 17.2 Å². The first-order valence-electron chi connectivity index (χ1n) is 6.63. The van der Waals surface area contributed by atoms with Gasteiger partial charge >= 0.3 is 0 Å². The number of aromatic hydroxyl groups is 1. The molecule has 1 aromatic carbocycles. The van der Waals surface area contributed by atoms with Crippen molar-refractivity contribution >= 4 is 5.95 Å². The third-order valence-electron chi connectivity index (χ3n) is 3.50. The summed E-state index contributed by atoms with van der Waals surface area (Å²) in [6.07, 6.45) is 3.64. The fourth-order valence-corrected chi connectivity index (χ4v) is 2.34. The standard InChI is InChI=1S/C14H17N3O2/c1-10-9-11(5-6-12(10)18)13-15-14(16-19-13)17-7-3-2-4-8-17/h5-6,9,18H,2-4,7-8H2,1H3. The van der Waals surface area contributed by atoms with Crippen molar-refractivity contribution in [3.63, 3.8) is 0 Å². The average molecular weight is 259 g/mol. The largest absolute Gasteiger partial charge is 0.508 e. The zero-order valence-corrected chi connectivity index (χ0v) is 11.0. The molecule has 0 amide bonds. The molecular weight excluding hydrogens is 242 g/mol. The first-order chi connectivity index (χ1) is 9.24. The molecule has 0 bridgehead atoms. The van der Waals surface area contributed by atoms with Gasteiger partial charge in [0.15, 0.2) is 0 Å². The van der Waals surface area contributed by atoms with Gasteiger partial charge in [0.1, 0.15) is 5.75 Å². The van der Waals surface area contributed by atoms with Crippen LogP contribution >= 0.6 is 0 Å². The Morgan fingerprint density at radius 3 is 2.74 bits per heavy atom. The Kier molecular flexibility index (Phi) is 3.11. The van der Waals surface area contributed by atoms with Gasteiger partial charge in [-0.1, -0.05) is 0 Å². The van der Waals surface area contributed by atoms with E-state index in [0.717, 1.165) is 24.2 Å². The second-order valence-electron chi connectivity index (χ2n) is 4.95. The molecule has 1 aliphatic heterocycles. The Bertz CT molecular complexity index is 574. The molecule has 5 nitrogen and oxygen atoms in total. The van der Waals surface area contributed by atoms with Crippen LogP contribution in [0.2, 0.25) is 0 Å². The molecule has 100 valence electrons. The minimum absolute atomic E-state index is 0.277. The number of hydrogen-bond donors (Lipinski definition) is 1. The Hall–Kier alpha value is -2.04. The van der Waals surface area contributed by atoms with Gasteiger partial charge in [0.25, 0.3) is 11.8 Å². The molecule has 1 aromatic heterocycles. The van der Waals surface area contributed by atoms with Crippen LogP contribution in [0.25, 0.3) is 11.5 Å². The molecule has 0 radical (unpaired) electrons. The van der Waals surface area contributed by atoms with Gasteiger partial charge in [-0.2, -0.15) is 4.98 Å². The maximum Gasteiger partial charge on any atom is 0.266 e. The van der Waals surface area contributed by atoms with E-state index in [9.17, 15) is 5.11 Å². The molecule has 0 saturated carbocycles. The van der Waals surface area contributed by atoms with Gasteiger partial charge in [-0.3, -0.25) is 0 Å². The van der Waals surface area contributed by atoms with E-state index in [1.165, 1.54) is 19.3 Å². The summed E-state index contributed by atoms with van der Waals surface area (Å²) in [5.74, 6) is 1.45. The van der Waals surface area contributed by atoms with Crippen LogP contribution in [0.1, 0.15) is 24.8 Å². The van der Waals surface area contributed by atoms with E-state index in [0.29, 0.717) is 11.8 Å². The second-order valence-corrected chi connectivity index (χ2v) is 4.95. The third kappa shape index (κ3) is 2.41. The highest BCUT2D eigenvalue weighted by Crippen LogP contribution is 2.26. The van der Waals surface area contributed by atoms with Crippen molar-refractivity contribution in [2.24, 2.45) is 0 Å². The molecule has 1 N–H and O–H groups in total. The molecule has 0 atom stereocenters. The molecule has 0 spiro atoms. The van der Waals surface area contributed by atoms with Gasteiger partial charge in [0.05, 0.1) is 0 Å². The Labute approximate surface area is 111 Å². The van der Waals surface area contributed by atoms with Crippen LogP contribution in [0.3, 0.4) is 0 Å². The summed E-state index contributed by atoms with van der Waals surface area (Å²) in [6.45, 7) is 3.84. The first-order valence-corrected chi connectivity index (χ1v) is 6.63. The van der Waals surface area contributed by atoms with Crippen LogP contribution in [-0.2, 0) is 0 Å². The number of anilines is 1. The molecule has 5 heteroatoms. The lowest BCUT2D eigenvalue weighted by Gasteiger charge is -2.24. The number of phenols is 1. The van der Waals surface area contributed by atoms with Gasteiger partial charge in [-0.25, -0.2) is 0 Å². The molecule has 1 aliphatic rings. The zero-order chi connectivity index (χ0) is 13.2. The summed E-state index contributed by atoms with van der Waals surface area (Å²) >= 11 is 0. The maximum atomic E-state index is 9.52. The quantitative estimate of drug-likeness (QED) is 0.898. The van der Waals surface area contributed by atoms with E-state index in [-0.39, 0.29) is 5.75 Å². The van der Waals surface area contributed by atoms with Crippen molar-refractivity contribution in [3.05, 3.63) is 23.8 Å². The van der Waals surface area contributed by atoms with Gasteiger partial charge in [-0.15, -0.1) is 0 Å². The minimum atomic E-state index is 0.277. The number of benzene rings is 1. The van der Waals surface area contributed by atoms with Gasteiger partial charge in [0, 0.05) is 18.7 Å². The van der Waals surface area contributed by atoms with E-state index >= 15 is 0 Å². The van der Waals surface area contributed by atoms with Gasteiger partial charge < -0.3 is 14.5 Å². The van der Waals surface area contributed by atoms with E-state index in [4.69, 9.17) is 4.52 Å². The zero-order valence-electron chi connectivity index (χ0n) is 11.0. The van der Waals surface area contributed by atoms with Crippen molar-refractivity contribution in [2.75, 3.05) is 18.0 Å². The molecule has 0 unspecified atom stereocenters. The summed E-state index contributed by atoms with van der Waals surface area (Å²) in [7, 11) is 0. The lowest BCUT2D eigenvalue weighted by atomic mass is 10.1. The lowest BCUT2D eigenvalue weighted by molar-refractivity contribution is 0.426. The number of aryl methyl sites for hydroxylation is 1. The number of hydrogen-bond acceptors (Lipinski definition) is 5. The monoisotopic (exact) mass is 259 g/mol. The number of aromatic nitrogens is 2. The topological polar surface area (TPSA) is 62.4 Å². The lowest BCUT2D eigenvalue weighted by Crippen LogP contribution is -2.30. The van der Waals surface area contributed by atoms with Crippen LogP contribution in [0.15, 0.2) is 22.7 Å². The number of nitrogens with zero attached hydrogens (tertiary/aromatic N) is 3. The molecule has 2 aromatic rings. The van der Waals surface area contributed by atoms with Gasteiger partial charge in [-0.05, 0) is 55.1 Å². The third-order valence-corrected chi connectivity index (χ3v) is 3.50. The molecule has 2 heterocycles. The predicted octanol–water partition coefficient (Wildman–Crippen LogP) is 2.74. The number of phenolic OH excluding ortho intramolecular Hbond substituents is 1. The van der Waals surface area contributed by atoms with Crippen LogP contribution < -0.4 is 4.90 Å².